The number of hydrogen-bond donors (Lipinski definition) is 2. The van der Waals surface area contributed by atoms with Crippen molar-refractivity contribution in [2.45, 2.75) is 90.1 Å². The lowest BCUT2D eigenvalue weighted by atomic mass is 9.93. The number of phenolic OH excluding ortho intramolecular Hbond substituents is 2. The van der Waals surface area contributed by atoms with Gasteiger partial charge < -0.3 is 20.0 Å². The minimum absolute atomic E-state index is 0.0113. The number of rotatable bonds is 6. The van der Waals surface area contributed by atoms with Crippen LogP contribution in [0, 0.1) is 0 Å². The molecule has 2 N–H and O–H groups in total. The van der Waals surface area contributed by atoms with Crippen LogP contribution >= 0.6 is 0 Å². The first kappa shape index (κ1) is 22.4. The van der Waals surface area contributed by atoms with Crippen molar-refractivity contribution in [3.05, 3.63) is 23.3 Å². The SMILES string of the molecule is CCC(c1cc(C(CC)N2CCCCCC2=O)c(O)cc1O)N1CCCCCC1=O. The first-order valence-corrected chi connectivity index (χ1v) is 11.6. The Morgan fingerprint density at radius 3 is 1.57 bits per heavy atom. The molecule has 0 radical (unpaired) electrons. The molecule has 30 heavy (non-hydrogen) atoms. The van der Waals surface area contributed by atoms with Crippen LogP contribution in [0.3, 0.4) is 0 Å². The Morgan fingerprint density at radius 1 is 0.733 bits per heavy atom. The van der Waals surface area contributed by atoms with Crippen molar-refractivity contribution in [1.29, 1.82) is 0 Å². The second-order valence-corrected chi connectivity index (χ2v) is 8.61. The average Bonchev–Trinajstić information content (AvgIpc) is 3.06. The zero-order valence-corrected chi connectivity index (χ0v) is 18.4. The van der Waals surface area contributed by atoms with Crippen LogP contribution in [0.15, 0.2) is 12.1 Å². The molecule has 2 aliphatic rings. The Hall–Kier alpha value is -2.24. The van der Waals surface area contributed by atoms with E-state index in [9.17, 15) is 19.8 Å². The number of hydrogen-bond acceptors (Lipinski definition) is 4. The normalized spacial score (nSPS) is 20.6. The van der Waals surface area contributed by atoms with Crippen LogP contribution in [-0.4, -0.2) is 44.9 Å². The predicted octanol–water partition coefficient (Wildman–Crippen LogP) is 4.81. The van der Waals surface area contributed by atoms with Gasteiger partial charge in [-0.15, -0.1) is 0 Å². The van der Waals surface area contributed by atoms with E-state index in [1.165, 1.54) is 6.07 Å². The minimum Gasteiger partial charge on any atom is -0.507 e. The molecule has 3 rings (SSSR count). The minimum atomic E-state index is -0.229. The molecule has 0 spiro atoms. The first-order chi connectivity index (χ1) is 14.5. The molecule has 2 aliphatic heterocycles. The molecule has 2 unspecified atom stereocenters. The van der Waals surface area contributed by atoms with Gasteiger partial charge >= 0.3 is 0 Å². The van der Waals surface area contributed by atoms with Crippen molar-refractivity contribution >= 4 is 11.8 Å². The van der Waals surface area contributed by atoms with Crippen molar-refractivity contribution in [3.8, 4) is 11.5 Å². The van der Waals surface area contributed by atoms with E-state index in [1.54, 1.807) is 0 Å². The molecule has 0 bridgehead atoms. The summed E-state index contributed by atoms with van der Waals surface area (Å²) in [6.45, 7) is 5.42. The van der Waals surface area contributed by atoms with E-state index < -0.39 is 0 Å². The van der Waals surface area contributed by atoms with Gasteiger partial charge in [0, 0.05) is 43.1 Å². The fourth-order valence-electron chi connectivity index (χ4n) is 5.03. The maximum absolute atomic E-state index is 12.7. The molecule has 0 aromatic heterocycles. The van der Waals surface area contributed by atoms with Gasteiger partial charge in [-0.1, -0.05) is 26.7 Å². The molecule has 166 valence electrons. The fourth-order valence-corrected chi connectivity index (χ4v) is 5.03. The highest BCUT2D eigenvalue weighted by Crippen LogP contribution is 2.41. The Labute approximate surface area is 179 Å². The first-order valence-electron chi connectivity index (χ1n) is 11.6. The van der Waals surface area contributed by atoms with Gasteiger partial charge in [-0.05, 0) is 44.6 Å². The van der Waals surface area contributed by atoms with Crippen LogP contribution < -0.4 is 0 Å². The molecule has 1 aromatic rings. The van der Waals surface area contributed by atoms with Crippen molar-refractivity contribution in [2.75, 3.05) is 13.1 Å². The molecule has 6 nitrogen and oxygen atoms in total. The van der Waals surface area contributed by atoms with Gasteiger partial charge in [0.05, 0.1) is 12.1 Å². The van der Waals surface area contributed by atoms with Crippen molar-refractivity contribution in [1.82, 2.24) is 9.80 Å². The summed E-state index contributed by atoms with van der Waals surface area (Å²) in [6, 6.07) is 2.77. The highest BCUT2D eigenvalue weighted by molar-refractivity contribution is 5.78. The summed E-state index contributed by atoms with van der Waals surface area (Å²) in [4.78, 5) is 29.2. The number of carbonyl (C=O) groups is 2. The van der Waals surface area contributed by atoms with Crippen LogP contribution in [0.25, 0.3) is 0 Å². The van der Waals surface area contributed by atoms with Crippen LogP contribution in [0.1, 0.15) is 101 Å². The van der Waals surface area contributed by atoms with E-state index in [4.69, 9.17) is 0 Å². The Bertz CT molecular complexity index is 705. The molecule has 2 saturated heterocycles. The summed E-state index contributed by atoms with van der Waals surface area (Å²) in [5, 5.41) is 21.4. The average molecular weight is 417 g/mol. The molecule has 2 amide bonds. The van der Waals surface area contributed by atoms with E-state index in [1.807, 2.05) is 29.7 Å². The standard InChI is InChI=1S/C24H36N2O4/c1-3-19(25-13-9-5-7-11-23(25)29)17-15-18(22(28)16-21(17)27)20(4-2)26-14-10-6-8-12-24(26)30/h15-16,19-20,27-28H,3-14H2,1-2H3. The van der Waals surface area contributed by atoms with Gasteiger partial charge in [0.15, 0.2) is 0 Å². The molecule has 1 aromatic carbocycles. The van der Waals surface area contributed by atoms with Gasteiger partial charge in [0.25, 0.3) is 0 Å². The fraction of sp³-hybridized carbons (Fsp3) is 0.667. The lowest BCUT2D eigenvalue weighted by molar-refractivity contribution is -0.133. The third kappa shape index (κ3) is 4.73. The van der Waals surface area contributed by atoms with E-state index in [0.29, 0.717) is 49.9 Å². The number of amides is 2. The molecule has 6 heteroatoms. The van der Waals surface area contributed by atoms with Gasteiger partial charge in [-0.25, -0.2) is 0 Å². The Kier molecular flexibility index (Phi) is 7.62. The van der Waals surface area contributed by atoms with Crippen LogP contribution in [0.2, 0.25) is 0 Å². The third-order valence-electron chi connectivity index (χ3n) is 6.64. The molecular formula is C24H36N2O4. The Morgan fingerprint density at radius 2 is 1.17 bits per heavy atom. The lowest BCUT2D eigenvalue weighted by Gasteiger charge is -2.34. The molecule has 0 saturated carbocycles. The third-order valence-corrected chi connectivity index (χ3v) is 6.64. The second kappa shape index (κ2) is 10.2. The number of phenols is 2. The topological polar surface area (TPSA) is 81.1 Å². The summed E-state index contributed by atoms with van der Waals surface area (Å²) in [6.07, 6.45) is 8.29. The summed E-state index contributed by atoms with van der Waals surface area (Å²) in [5.74, 6) is 0.278. The van der Waals surface area contributed by atoms with Crippen molar-refractivity contribution < 1.29 is 19.8 Å². The summed E-state index contributed by atoms with van der Waals surface area (Å²) in [7, 11) is 0. The highest BCUT2D eigenvalue weighted by atomic mass is 16.3. The van der Waals surface area contributed by atoms with Crippen LogP contribution in [0.5, 0.6) is 11.5 Å². The van der Waals surface area contributed by atoms with E-state index in [0.717, 1.165) is 38.5 Å². The van der Waals surface area contributed by atoms with E-state index in [2.05, 4.69) is 0 Å². The summed E-state index contributed by atoms with van der Waals surface area (Å²) < 4.78 is 0. The summed E-state index contributed by atoms with van der Waals surface area (Å²) >= 11 is 0. The zero-order chi connectivity index (χ0) is 21.7. The lowest BCUT2D eigenvalue weighted by Crippen LogP contribution is -2.35. The van der Waals surface area contributed by atoms with Gasteiger partial charge in [0.1, 0.15) is 11.5 Å². The monoisotopic (exact) mass is 416 g/mol. The number of nitrogens with zero attached hydrogens (tertiary/aromatic N) is 2. The van der Waals surface area contributed by atoms with Crippen LogP contribution in [0.4, 0.5) is 0 Å². The maximum atomic E-state index is 12.7. The molecule has 2 heterocycles. The van der Waals surface area contributed by atoms with Gasteiger partial charge in [0.2, 0.25) is 11.8 Å². The number of aromatic hydroxyl groups is 2. The maximum Gasteiger partial charge on any atom is 0.223 e. The molecular weight excluding hydrogens is 380 g/mol. The zero-order valence-electron chi connectivity index (χ0n) is 18.4. The highest BCUT2D eigenvalue weighted by Gasteiger charge is 2.31. The Balaban J connectivity index is 1.99. The van der Waals surface area contributed by atoms with Gasteiger partial charge in [-0.3, -0.25) is 9.59 Å². The van der Waals surface area contributed by atoms with E-state index in [-0.39, 0.29) is 35.4 Å². The number of carbonyl (C=O) groups excluding carboxylic acids is 2. The molecule has 2 atom stereocenters. The second-order valence-electron chi connectivity index (χ2n) is 8.61. The predicted molar refractivity (Wildman–Crippen MR) is 116 cm³/mol. The largest absolute Gasteiger partial charge is 0.507 e. The quantitative estimate of drug-likeness (QED) is 0.698. The number of benzene rings is 1. The van der Waals surface area contributed by atoms with Crippen LogP contribution in [-0.2, 0) is 9.59 Å². The molecule has 2 fully saturated rings. The number of likely N-dealkylation sites (tertiary alicyclic amines) is 2. The van der Waals surface area contributed by atoms with Crippen molar-refractivity contribution in [2.24, 2.45) is 0 Å². The van der Waals surface area contributed by atoms with Crippen molar-refractivity contribution in [3.63, 3.8) is 0 Å². The van der Waals surface area contributed by atoms with E-state index >= 15 is 0 Å². The van der Waals surface area contributed by atoms with Gasteiger partial charge in [-0.2, -0.15) is 0 Å². The molecule has 0 aliphatic carbocycles. The summed E-state index contributed by atoms with van der Waals surface area (Å²) in [5.41, 5.74) is 1.34. The smallest absolute Gasteiger partial charge is 0.223 e.